The molecule has 44 heavy (non-hydrogen) atoms. The van der Waals surface area contributed by atoms with Crippen LogP contribution in [0.25, 0.3) is 0 Å². The first-order valence-corrected chi connectivity index (χ1v) is 15.7. The van der Waals surface area contributed by atoms with E-state index in [1.807, 2.05) is 62.3 Å². The van der Waals surface area contributed by atoms with Crippen LogP contribution in [0, 0.1) is 21.7 Å². The lowest BCUT2D eigenvalue weighted by atomic mass is 9.73. The van der Waals surface area contributed by atoms with Gasteiger partial charge >= 0.3 is 12.1 Å². The molecule has 6 heteroatoms. The van der Waals surface area contributed by atoms with Crippen LogP contribution in [-0.2, 0) is 23.7 Å². The van der Waals surface area contributed by atoms with Crippen molar-refractivity contribution in [2.75, 3.05) is 0 Å². The molecule has 0 aliphatic carbocycles. The van der Waals surface area contributed by atoms with Gasteiger partial charge < -0.3 is 18.9 Å². The Labute approximate surface area is 275 Å². The van der Waals surface area contributed by atoms with Crippen LogP contribution >= 0.6 is 0 Å². The summed E-state index contributed by atoms with van der Waals surface area (Å²) in [6.45, 7) is 55.6. The molecule has 0 aromatic carbocycles. The molecule has 0 amide bonds. The Morgan fingerprint density at radius 3 is 0.705 bits per heavy atom. The smallest absolute Gasteiger partial charge is 0.493 e. The zero-order valence-corrected chi connectivity index (χ0v) is 33.9. The molecule has 0 radical (unpaired) electrons. The second-order valence-electron chi connectivity index (χ2n) is 19.3. The van der Waals surface area contributed by atoms with Crippen molar-refractivity contribution in [1.29, 1.82) is 0 Å². The van der Waals surface area contributed by atoms with Gasteiger partial charge in [0.2, 0.25) is 0 Å². The number of esters is 1. The maximum atomic E-state index is 11.3. The van der Waals surface area contributed by atoms with Crippen LogP contribution in [0.4, 0.5) is 4.79 Å². The molecule has 264 valence electrons. The fourth-order valence-corrected chi connectivity index (χ4v) is 2.60. The van der Waals surface area contributed by atoms with E-state index < -0.39 is 22.8 Å². The highest BCUT2D eigenvalue weighted by Crippen LogP contribution is 2.37. The van der Waals surface area contributed by atoms with Crippen molar-refractivity contribution in [3.8, 4) is 0 Å². The van der Waals surface area contributed by atoms with E-state index in [-0.39, 0.29) is 33.4 Å². The highest BCUT2D eigenvalue weighted by atomic mass is 16.7. The first-order valence-electron chi connectivity index (χ1n) is 15.7. The van der Waals surface area contributed by atoms with Gasteiger partial charge in [-0.25, -0.2) is 4.79 Å². The zero-order valence-electron chi connectivity index (χ0n) is 33.9. The molecule has 0 saturated carbocycles. The number of carbonyl (C=O) groups excluding carboxylic acids is 2. The van der Waals surface area contributed by atoms with Crippen molar-refractivity contribution >= 4 is 12.1 Å². The van der Waals surface area contributed by atoms with Crippen LogP contribution in [-0.4, -0.2) is 34.5 Å². The Hall–Kier alpha value is -1.98. The monoisotopic (exact) mass is 629 g/mol. The average Bonchev–Trinajstić information content (AvgIpc) is 2.60. The van der Waals surface area contributed by atoms with E-state index in [0.717, 1.165) is 5.76 Å². The van der Waals surface area contributed by atoms with Crippen LogP contribution in [0.3, 0.4) is 0 Å². The zero-order chi connectivity index (χ0) is 37.1. The second kappa shape index (κ2) is 17.1. The Balaban J connectivity index is -0.000000243. The summed E-state index contributed by atoms with van der Waals surface area (Å²) in [6.07, 6.45) is -0.616. The lowest BCUT2D eigenvalue weighted by Gasteiger charge is -2.32. The van der Waals surface area contributed by atoms with Gasteiger partial charge in [-0.1, -0.05) is 81.0 Å². The van der Waals surface area contributed by atoms with Crippen molar-refractivity contribution in [2.45, 2.75) is 189 Å². The van der Waals surface area contributed by atoms with Crippen molar-refractivity contribution in [1.82, 2.24) is 0 Å². The van der Waals surface area contributed by atoms with E-state index in [4.69, 9.17) is 18.9 Å². The van der Waals surface area contributed by atoms with Gasteiger partial charge in [0.15, 0.2) is 0 Å². The van der Waals surface area contributed by atoms with Crippen LogP contribution in [0.2, 0.25) is 0 Å². The summed E-state index contributed by atoms with van der Waals surface area (Å²) in [6, 6.07) is 0. The molecule has 0 aliphatic heterocycles. The van der Waals surface area contributed by atoms with E-state index in [1.54, 1.807) is 41.5 Å². The molecule has 0 heterocycles. The summed E-state index contributed by atoms with van der Waals surface area (Å²) < 4.78 is 20.7. The van der Waals surface area contributed by atoms with Crippen LogP contribution < -0.4 is 0 Å². The summed E-state index contributed by atoms with van der Waals surface area (Å²) in [5, 5.41) is 0. The standard InChI is InChI=1S/C10H20O.C10H20.C9H18O3.C9H18O2/c1-8(9(2,3)4)11-10(5,6)7;1-8(9(2,3)4)10(5,6)7;1-8(2,3)11-7(10)12-9(4,5)6;1-8(2,3)7(10)11-9(4,5)6/h1H2,2-7H3;1H2,2-7H3;1-6H3;1-6H3. The highest BCUT2D eigenvalue weighted by molar-refractivity contribution is 5.75. The maximum absolute atomic E-state index is 11.3. The number of hydrogen-bond acceptors (Lipinski definition) is 6. The number of hydrogen-bond donors (Lipinski definition) is 0. The number of rotatable bonds is 1. The highest BCUT2D eigenvalue weighted by Gasteiger charge is 2.28. The Bertz CT molecular complexity index is 811. The van der Waals surface area contributed by atoms with Crippen LogP contribution in [0.1, 0.15) is 166 Å². The second-order valence-corrected chi connectivity index (χ2v) is 19.3. The quantitative estimate of drug-likeness (QED) is 0.163. The molecule has 0 saturated heterocycles. The molecule has 0 aliphatic rings. The lowest BCUT2D eigenvalue weighted by molar-refractivity contribution is -0.164. The fourth-order valence-electron chi connectivity index (χ4n) is 2.60. The minimum Gasteiger partial charge on any atom is -0.493 e. The minimum atomic E-state index is -0.616. The molecular weight excluding hydrogens is 552 g/mol. The summed E-state index contributed by atoms with van der Waals surface area (Å²) in [5.41, 5.74) is 0.0104. The summed E-state index contributed by atoms with van der Waals surface area (Å²) in [5.74, 6) is 0.704. The maximum Gasteiger partial charge on any atom is 0.509 e. The number of carbonyl (C=O) groups is 2. The largest absolute Gasteiger partial charge is 0.509 e. The average molecular weight is 629 g/mol. The van der Waals surface area contributed by atoms with Crippen LogP contribution in [0.5, 0.6) is 0 Å². The van der Waals surface area contributed by atoms with Crippen molar-refractivity contribution < 1.29 is 28.5 Å². The molecule has 0 unspecified atom stereocenters. The predicted octanol–water partition coefficient (Wildman–Crippen LogP) is 12.1. The van der Waals surface area contributed by atoms with Crippen molar-refractivity contribution in [2.24, 2.45) is 21.7 Å². The van der Waals surface area contributed by atoms with Crippen molar-refractivity contribution in [3.05, 3.63) is 24.5 Å². The SMILES string of the molecule is C=C(C(C)(C)C)C(C)(C)C.C=C(OC(C)(C)C)C(C)(C)C.CC(C)(C)OC(=O)C(C)(C)C.CC(C)(C)OC(=O)OC(C)(C)C. The molecule has 0 aromatic heterocycles. The molecule has 0 aromatic rings. The molecule has 0 bridgehead atoms. The van der Waals surface area contributed by atoms with Crippen molar-refractivity contribution in [3.63, 3.8) is 0 Å². The first-order chi connectivity index (χ1) is 18.5. The Morgan fingerprint density at radius 2 is 0.614 bits per heavy atom. The summed E-state index contributed by atoms with van der Waals surface area (Å²) in [4.78, 5) is 22.3. The van der Waals surface area contributed by atoms with E-state index >= 15 is 0 Å². The Morgan fingerprint density at radius 1 is 0.364 bits per heavy atom. The lowest BCUT2D eigenvalue weighted by Crippen LogP contribution is -2.31. The van der Waals surface area contributed by atoms with Gasteiger partial charge in [-0.3, -0.25) is 4.79 Å². The Kier molecular flexibility index (Phi) is 19.0. The van der Waals surface area contributed by atoms with Gasteiger partial charge in [-0.05, 0) is 115 Å². The minimum absolute atomic E-state index is 0.0489. The van der Waals surface area contributed by atoms with Gasteiger partial charge in [-0.2, -0.15) is 0 Å². The molecule has 0 rings (SSSR count). The third kappa shape index (κ3) is 34.5. The van der Waals surface area contributed by atoms with E-state index in [0.29, 0.717) is 0 Å². The molecule has 0 fully saturated rings. The summed E-state index contributed by atoms with van der Waals surface area (Å²) in [7, 11) is 0. The van der Waals surface area contributed by atoms with E-state index in [2.05, 4.69) is 75.5 Å². The number of ether oxygens (including phenoxy) is 4. The van der Waals surface area contributed by atoms with E-state index in [1.165, 1.54) is 5.57 Å². The third-order valence-corrected chi connectivity index (χ3v) is 4.87. The number of allylic oxidation sites excluding steroid dienone is 2. The molecular formula is C38H76O6. The van der Waals surface area contributed by atoms with Crippen LogP contribution in [0.15, 0.2) is 24.5 Å². The first kappa shape index (κ1) is 48.9. The van der Waals surface area contributed by atoms with Gasteiger partial charge in [0.05, 0.1) is 11.2 Å². The topological polar surface area (TPSA) is 71.1 Å². The predicted molar refractivity (Wildman–Crippen MR) is 190 cm³/mol. The molecule has 0 atom stereocenters. The van der Waals surface area contributed by atoms with Gasteiger partial charge in [0.1, 0.15) is 22.4 Å². The molecule has 6 nitrogen and oxygen atoms in total. The van der Waals surface area contributed by atoms with Gasteiger partial charge in [-0.15, -0.1) is 0 Å². The fraction of sp³-hybridized carbons (Fsp3) is 0.842. The van der Waals surface area contributed by atoms with Gasteiger partial charge in [0, 0.05) is 5.41 Å². The third-order valence-electron chi connectivity index (χ3n) is 4.87. The van der Waals surface area contributed by atoms with E-state index in [9.17, 15) is 9.59 Å². The van der Waals surface area contributed by atoms with Gasteiger partial charge in [0.25, 0.3) is 0 Å². The normalized spacial score (nSPS) is 12.9. The molecule has 0 spiro atoms. The molecule has 0 N–H and O–H groups in total. The summed E-state index contributed by atoms with van der Waals surface area (Å²) >= 11 is 0.